The summed E-state index contributed by atoms with van der Waals surface area (Å²) < 4.78 is 11.8. The summed E-state index contributed by atoms with van der Waals surface area (Å²) in [6, 6.07) is 2.02. The first kappa shape index (κ1) is 15.7. The summed E-state index contributed by atoms with van der Waals surface area (Å²) in [7, 11) is 0. The molecule has 0 radical (unpaired) electrons. The number of rotatable bonds is 4. The summed E-state index contributed by atoms with van der Waals surface area (Å²) in [5.41, 5.74) is 2.07. The summed E-state index contributed by atoms with van der Waals surface area (Å²) in [5, 5.41) is 0. The number of aryl methyl sites for hydroxylation is 2. The van der Waals surface area contributed by atoms with Gasteiger partial charge < -0.3 is 14.4 Å². The molecule has 3 heterocycles. The molecule has 2 aliphatic rings. The molecule has 0 bridgehead atoms. The number of nitrogens with zero attached hydrogens (tertiary/aromatic N) is 3. The van der Waals surface area contributed by atoms with Gasteiger partial charge in [-0.3, -0.25) is 0 Å². The van der Waals surface area contributed by atoms with Crippen LogP contribution in [0.15, 0.2) is 6.07 Å². The van der Waals surface area contributed by atoms with E-state index in [1.165, 1.54) is 12.8 Å². The molecule has 2 fully saturated rings. The minimum atomic E-state index is 0.314. The second kappa shape index (κ2) is 7.38. The molecular weight excluding hydrogens is 278 g/mol. The molecule has 0 amide bonds. The third-order valence-corrected chi connectivity index (χ3v) is 4.49. The van der Waals surface area contributed by atoms with Gasteiger partial charge >= 0.3 is 0 Å². The zero-order valence-corrected chi connectivity index (χ0v) is 13.8. The molecule has 122 valence electrons. The molecule has 0 aromatic carbocycles. The maximum Gasteiger partial charge on any atom is 0.225 e. The van der Waals surface area contributed by atoms with Crippen molar-refractivity contribution >= 4 is 5.95 Å². The van der Waals surface area contributed by atoms with Crippen molar-refractivity contribution in [2.24, 2.45) is 0 Å². The Labute approximate surface area is 133 Å². The number of hydrogen-bond donors (Lipinski definition) is 0. The zero-order valence-electron chi connectivity index (χ0n) is 13.8. The molecule has 5 nitrogen and oxygen atoms in total. The molecule has 5 heteroatoms. The van der Waals surface area contributed by atoms with Crippen molar-refractivity contribution in [3.8, 4) is 0 Å². The lowest BCUT2D eigenvalue weighted by atomic mass is 10.1. The summed E-state index contributed by atoms with van der Waals surface area (Å²) in [6.07, 6.45) is 6.38. The van der Waals surface area contributed by atoms with Crippen molar-refractivity contribution in [1.82, 2.24) is 9.97 Å². The van der Waals surface area contributed by atoms with Gasteiger partial charge in [0.15, 0.2) is 0 Å². The fraction of sp³-hybridized carbons (Fsp3) is 0.765. The molecule has 2 saturated heterocycles. The van der Waals surface area contributed by atoms with E-state index < -0.39 is 0 Å². The van der Waals surface area contributed by atoms with Crippen LogP contribution in [0.1, 0.15) is 43.5 Å². The maximum absolute atomic E-state index is 6.06. The van der Waals surface area contributed by atoms with E-state index in [2.05, 4.69) is 14.9 Å². The summed E-state index contributed by atoms with van der Waals surface area (Å²) >= 11 is 0. The fourth-order valence-corrected chi connectivity index (χ4v) is 3.25. The van der Waals surface area contributed by atoms with Gasteiger partial charge in [0.2, 0.25) is 5.95 Å². The van der Waals surface area contributed by atoms with Crippen LogP contribution in [0, 0.1) is 13.8 Å². The lowest BCUT2D eigenvalue weighted by molar-refractivity contribution is -0.0672. The van der Waals surface area contributed by atoms with Gasteiger partial charge in [0.05, 0.1) is 18.8 Å². The average molecular weight is 305 g/mol. The van der Waals surface area contributed by atoms with Gasteiger partial charge in [0.25, 0.3) is 0 Å². The molecule has 1 atom stereocenters. The number of anilines is 1. The Morgan fingerprint density at radius 1 is 1.14 bits per heavy atom. The largest absolute Gasteiger partial charge is 0.376 e. The monoisotopic (exact) mass is 305 g/mol. The Morgan fingerprint density at radius 2 is 1.86 bits per heavy atom. The van der Waals surface area contributed by atoms with E-state index in [1.807, 2.05) is 19.9 Å². The van der Waals surface area contributed by atoms with Gasteiger partial charge in [-0.25, -0.2) is 9.97 Å². The minimum Gasteiger partial charge on any atom is -0.376 e. The first-order valence-electron chi connectivity index (χ1n) is 8.51. The van der Waals surface area contributed by atoms with Crippen LogP contribution < -0.4 is 4.90 Å². The van der Waals surface area contributed by atoms with Crippen molar-refractivity contribution in [2.75, 3.05) is 31.2 Å². The van der Waals surface area contributed by atoms with Crippen LogP contribution in [0.4, 0.5) is 5.95 Å². The second-order valence-corrected chi connectivity index (χ2v) is 6.46. The molecule has 1 unspecified atom stereocenters. The number of ether oxygens (including phenoxy) is 2. The van der Waals surface area contributed by atoms with E-state index in [-0.39, 0.29) is 0 Å². The smallest absolute Gasteiger partial charge is 0.225 e. The molecule has 0 saturated carbocycles. The van der Waals surface area contributed by atoms with Crippen molar-refractivity contribution in [1.29, 1.82) is 0 Å². The third kappa shape index (κ3) is 4.17. The van der Waals surface area contributed by atoms with Crippen molar-refractivity contribution < 1.29 is 9.47 Å². The van der Waals surface area contributed by atoms with Gasteiger partial charge in [0.1, 0.15) is 0 Å². The predicted octanol–water partition coefficient (Wildman–Crippen LogP) is 2.65. The standard InChI is InChI=1S/C17H27N3O2/c1-13-11-14(2)19-17(18-13)20-8-6-15(7-9-20)22-12-16-5-3-4-10-21-16/h11,15-16H,3-10,12H2,1-2H3. The van der Waals surface area contributed by atoms with Crippen molar-refractivity contribution in [3.63, 3.8) is 0 Å². The highest BCUT2D eigenvalue weighted by Crippen LogP contribution is 2.20. The lowest BCUT2D eigenvalue weighted by Gasteiger charge is -2.33. The number of piperidine rings is 1. The highest BCUT2D eigenvalue weighted by Gasteiger charge is 2.23. The minimum absolute atomic E-state index is 0.314. The Hall–Kier alpha value is -1.20. The quantitative estimate of drug-likeness (QED) is 0.856. The van der Waals surface area contributed by atoms with Gasteiger partial charge in [0, 0.05) is 31.1 Å². The van der Waals surface area contributed by atoms with Gasteiger partial charge in [-0.15, -0.1) is 0 Å². The lowest BCUT2D eigenvalue weighted by Crippen LogP contribution is -2.39. The van der Waals surface area contributed by atoms with Crippen LogP contribution in [-0.2, 0) is 9.47 Å². The Balaban J connectivity index is 1.45. The van der Waals surface area contributed by atoms with E-state index in [0.717, 1.165) is 62.9 Å². The zero-order chi connectivity index (χ0) is 15.4. The number of hydrogen-bond acceptors (Lipinski definition) is 5. The van der Waals surface area contributed by atoms with Crippen LogP contribution in [0.2, 0.25) is 0 Å². The van der Waals surface area contributed by atoms with E-state index >= 15 is 0 Å². The Morgan fingerprint density at radius 3 is 2.50 bits per heavy atom. The topological polar surface area (TPSA) is 47.5 Å². The van der Waals surface area contributed by atoms with Crippen molar-refractivity contribution in [3.05, 3.63) is 17.5 Å². The molecule has 1 aromatic rings. The van der Waals surface area contributed by atoms with Crippen LogP contribution in [0.25, 0.3) is 0 Å². The van der Waals surface area contributed by atoms with E-state index in [4.69, 9.17) is 9.47 Å². The van der Waals surface area contributed by atoms with Crippen molar-refractivity contribution in [2.45, 2.75) is 58.2 Å². The normalized spacial score (nSPS) is 23.7. The van der Waals surface area contributed by atoms with Crippen LogP contribution in [0.5, 0.6) is 0 Å². The Kier molecular flexibility index (Phi) is 5.26. The highest BCUT2D eigenvalue weighted by molar-refractivity contribution is 5.32. The first-order valence-corrected chi connectivity index (χ1v) is 8.51. The Bertz CT molecular complexity index is 461. The SMILES string of the molecule is Cc1cc(C)nc(N2CCC(OCC3CCCCO3)CC2)n1. The second-order valence-electron chi connectivity index (χ2n) is 6.46. The summed E-state index contributed by atoms with van der Waals surface area (Å²) in [5.74, 6) is 0.867. The van der Waals surface area contributed by atoms with Gasteiger partial charge in [-0.2, -0.15) is 0 Å². The molecule has 3 rings (SSSR count). The molecular formula is C17H27N3O2. The molecule has 22 heavy (non-hydrogen) atoms. The first-order chi connectivity index (χ1) is 10.7. The number of aromatic nitrogens is 2. The van der Waals surface area contributed by atoms with E-state index in [9.17, 15) is 0 Å². The third-order valence-electron chi connectivity index (χ3n) is 4.49. The van der Waals surface area contributed by atoms with E-state index in [0.29, 0.717) is 12.2 Å². The van der Waals surface area contributed by atoms with Crippen LogP contribution in [-0.4, -0.2) is 48.5 Å². The van der Waals surface area contributed by atoms with Crippen LogP contribution in [0.3, 0.4) is 0 Å². The summed E-state index contributed by atoms with van der Waals surface area (Å²) in [4.78, 5) is 11.4. The van der Waals surface area contributed by atoms with Gasteiger partial charge in [-0.1, -0.05) is 0 Å². The molecule has 2 aliphatic heterocycles. The average Bonchev–Trinajstić information content (AvgIpc) is 2.53. The fourth-order valence-electron chi connectivity index (χ4n) is 3.25. The molecule has 0 N–H and O–H groups in total. The highest BCUT2D eigenvalue weighted by atomic mass is 16.5. The van der Waals surface area contributed by atoms with E-state index in [1.54, 1.807) is 0 Å². The summed E-state index contributed by atoms with van der Waals surface area (Å²) in [6.45, 7) is 7.65. The maximum atomic E-state index is 6.06. The predicted molar refractivity (Wildman–Crippen MR) is 86.3 cm³/mol. The molecule has 0 aliphatic carbocycles. The van der Waals surface area contributed by atoms with Gasteiger partial charge in [-0.05, 0) is 52.0 Å². The van der Waals surface area contributed by atoms with Crippen LogP contribution >= 0.6 is 0 Å². The molecule has 0 spiro atoms. The molecule has 1 aromatic heterocycles.